The van der Waals surface area contributed by atoms with Crippen molar-refractivity contribution in [2.75, 3.05) is 6.67 Å². The van der Waals surface area contributed by atoms with Crippen LogP contribution in [0.3, 0.4) is 0 Å². The molecule has 0 aromatic carbocycles. The average molecular weight is 376 g/mol. The highest BCUT2D eigenvalue weighted by Crippen LogP contribution is 2.28. The quantitative estimate of drug-likeness (QED) is 0.277. The number of allylic oxidation sites excluding steroid dienone is 4. The molecule has 138 valence electrons. The number of amides is 1. The van der Waals surface area contributed by atoms with Crippen LogP contribution >= 0.6 is 11.3 Å². The molecule has 0 aliphatic heterocycles. The second-order valence-electron chi connectivity index (χ2n) is 5.18. The summed E-state index contributed by atoms with van der Waals surface area (Å²) in [5, 5.41) is 17.2. The Balaban J connectivity index is 2.91. The van der Waals surface area contributed by atoms with E-state index in [2.05, 4.69) is 16.9 Å². The summed E-state index contributed by atoms with van der Waals surface area (Å²) in [5.41, 5.74) is 1.68. The number of carbonyl (C=O) groups excluding carboxylic acids is 1. The molecular weight excluding hydrogens is 355 g/mol. The van der Waals surface area contributed by atoms with Gasteiger partial charge in [-0.3, -0.25) is 20.6 Å². The number of nitrogens with zero attached hydrogens (tertiary/aromatic N) is 1. The number of rotatable bonds is 8. The Labute approximate surface area is 155 Å². The summed E-state index contributed by atoms with van der Waals surface area (Å²) in [5.74, 6) is -1.15. The minimum atomic E-state index is -0.532. The minimum Gasteiger partial charge on any atom is -0.427 e. The van der Waals surface area contributed by atoms with E-state index < -0.39 is 11.7 Å². The van der Waals surface area contributed by atoms with Crippen molar-refractivity contribution in [2.24, 2.45) is 4.99 Å². The summed E-state index contributed by atoms with van der Waals surface area (Å²) in [4.78, 5) is 17.2. The van der Waals surface area contributed by atoms with E-state index in [-0.39, 0.29) is 18.1 Å². The van der Waals surface area contributed by atoms with Crippen molar-refractivity contribution in [1.82, 2.24) is 5.32 Å². The molecule has 0 aliphatic carbocycles. The van der Waals surface area contributed by atoms with Crippen molar-refractivity contribution in [1.29, 1.82) is 10.8 Å². The molecule has 6 nitrogen and oxygen atoms in total. The van der Waals surface area contributed by atoms with Gasteiger partial charge in [0.2, 0.25) is 5.90 Å². The fraction of sp³-hybridized carbons (Fsp3) is 0.222. The van der Waals surface area contributed by atoms with Gasteiger partial charge in [-0.2, -0.15) is 0 Å². The second kappa shape index (κ2) is 10.2. The minimum absolute atomic E-state index is 0.00193. The van der Waals surface area contributed by atoms with E-state index in [1.54, 1.807) is 24.4 Å². The largest absolute Gasteiger partial charge is 0.427 e. The zero-order valence-corrected chi connectivity index (χ0v) is 15.7. The third-order valence-electron chi connectivity index (χ3n) is 3.30. The van der Waals surface area contributed by atoms with Gasteiger partial charge >= 0.3 is 0 Å². The van der Waals surface area contributed by atoms with E-state index in [4.69, 9.17) is 15.6 Å². The maximum atomic E-state index is 13.0. The van der Waals surface area contributed by atoms with Gasteiger partial charge in [-0.1, -0.05) is 18.7 Å². The first-order valence-corrected chi connectivity index (χ1v) is 8.42. The summed E-state index contributed by atoms with van der Waals surface area (Å²) in [6, 6.07) is 1.79. The zero-order valence-electron chi connectivity index (χ0n) is 14.9. The zero-order chi connectivity index (χ0) is 19.7. The number of ether oxygens (including phenoxy) is 1. The molecule has 0 saturated heterocycles. The van der Waals surface area contributed by atoms with Crippen molar-refractivity contribution in [3.8, 4) is 0 Å². The number of hydrogen-bond donors (Lipinski definition) is 3. The fourth-order valence-electron chi connectivity index (χ4n) is 1.85. The van der Waals surface area contributed by atoms with E-state index in [1.807, 2.05) is 6.92 Å². The Morgan fingerprint density at radius 2 is 2.19 bits per heavy atom. The molecule has 0 atom stereocenters. The standard InChI is InChI=1S/C18H21FN4O2S/c1-5-6-14(8-22-10-23-18(24)12(3)13(4)19)16-11(2)7-15(26-16)17(21)25-9-20/h5-9,20-21H,1,10H2,2-4H3,(H,23,24)/b13-12-,14-6+,20-9?,21-17?,22-8-. The molecule has 1 heterocycles. The molecule has 0 unspecified atom stereocenters. The smallest absolute Gasteiger partial charge is 0.250 e. The van der Waals surface area contributed by atoms with Gasteiger partial charge in [-0.05, 0) is 32.4 Å². The Kier molecular flexibility index (Phi) is 8.30. The Morgan fingerprint density at radius 1 is 1.50 bits per heavy atom. The van der Waals surface area contributed by atoms with E-state index in [1.165, 1.54) is 25.2 Å². The summed E-state index contributed by atoms with van der Waals surface area (Å²) >= 11 is 1.32. The van der Waals surface area contributed by atoms with Crippen LogP contribution in [0.5, 0.6) is 0 Å². The topological polar surface area (TPSA) is 98.4 Å². The van der Waals surface area contributed by atoms with Gasteiger partial charge in [0.15, 0.2) is 6.40 Å². The van der Waals surface area contributed by atoms with Crippen molar-refractivity contribution in [2.45, 2.75) is 20.8 Å². The maximum Gasteiger partial charge on any atom is 0.250 e. The van der Waals surface area contributed by atoms with E-state index in [0.29, 0.717) is 11.3 Å². The van der Waals surface area contributed by atoms with E-state index in [0.717, 1.165) is 16.0 Å². The number of halogens is 1. The molecule has 1 rings (SSSR count). The Hall–Kier alpha value is -2.87. The molecule has 0 fully saturated rings. The van der Waals surface area contributed by atoms with Gasteiger partial charge < -0.3 is 10.1 Å². The lowest BCUT2D eigenvalue weighted by atomic mass is 10.1. The number of aryl methyl sites for hydroxylation is 1. The number of aliphatic imine (C=N–C) groups is 1. The third kappa shape index (κ3) is 5.89. The van der Waals surface area contributed by atoms with Crippen LogP contribution in [0.25, 0.3) is 5.57 Å². The van der Waals surface area contributed by atoms with Gasteiger partial charge in [-0.15, -0.1) is 11.3 Å². The Bertz CT molecular complexity index is 802. The molecule has 0 aliphatic rings. The number of thiophene rings is 1. The lowest BCUT2D eigenvalue weighted by Gasteiger charge is -2.03. The molecule has 1 aromatic heterocycles. The number of hydrogen-bond acceptors (Lipinski definition) is 6. The Morgan fingerprint density at radius 3 is 2.77 bits per heavy atom. The lowest BCUT2D eigenvalue weighted by molar-refractivity contribution is -0.117. The van der Waals surface area contributed by atoms with Crippen molar-refractivity contribution in [3.05, 3.63) is 51.5 Å². The molecular formula is C18H21FN4O2S. The van der Waals surface area contributed by atoms with Crippen LogP contribution in [-0.2, 0) is 9.53 Å². The molecule has 1 aromatic rings. The highest BCUT2D eigenvalue weighted by Gasteiger charge is 2.13. The van der Waals surface area contributed by atoms with Crippen molar-refractivity contribution in [3.63, 3.8) is 0 Å². The SMILES string of the molecule is C=C/C=C(\C=N/CNC(=O)/C(C)=C(/C)F)c1sc(C(=N)OC=N)cc1C. The first-order valence-electron chi connectivity index (χ1n) is 7.60. The van der Waals surface area contributed by atoms with Crippen LogP contribution in [0.1, 0.15) is 29.2 Å². The van der Waals surface area contributed by atoms with Crippen LogP contribution in [-0.4, -0.2) is 31.1 Å². The van der Waals surface area contributed by atoms with Gasteiger partial charge in [-0.25, -0.2) is 4.39 Å². The molecule has 0 bridgehead atoms. The molecule has 0 spiro atoms. The molecule has 1 amide bonds. The van der Waals surface area contributed by atoms with Crippen LogP contribution < -0.4 is 5.32 Å². The van der Waals surface area contributed by atoms with Crippen LogP contribution in [0.2, 0.25) is 0 Å². The molecule has 8 heteroatoms. The van der Waals surface area contributed by atoms with Gasteiger partial charge in [0, 0.05) is 22.2 Å². The first kappa shape index (κ1) is 21.2. The first-order chi connectivity index (χ1) is 12.3. The van der Waals surface area contributed by atoms with E-state index >= 15 is 0 Å². The van der Waals surface area contributed by atoms with Crippen molar-refractivity contribution < 1.29 is 13.9 Å². The van der Waals surface area contributed by atoms with Crippen LogP contribution in [0.15, 0.2) is 41.2 Å². The van der Waals surface area contributed by atoms with Gasteiger partial charge in [0.25, 0.3) is 5.91 Å². The van der Waals surface area contributed by atoms with Crippen LogP contribution in [0, 0.1) is 17.7 Å². The predicted octanol–water partition coefficient (Wildman–Crippen LogP) is 3.98. The van der Waals surface area contributed by atoms with E-state index in [9.17, 15) is 9.18 Å². The number of nitrogens with one attached hydrogen (secondary N) is 3. The fourth-order valence-corrected chi connectivity index (χ4v) is 2.91. The van der Waals surface area contributed by atoms with Gasteiger partial charge in [0.05, 0.1) is 4.88 Å². The molecule has 3 N–H and O–H groups in total. The second-order valence-corrected chi connectivity index (χ2v) is 6.23. The molecule has 0 radical (unpaired) electrons. The summed E-state index contributed by atoms with van der Waals surface area (Å²) in [6.07, 6.45) is 5.65. The van der Waals surface area contributed by atoms with Crippen LogP contribution in [0.4, 0.5) is 4.39 Å². The molecule has 0 saturated carbocycles. The monoisotopic (exact) mass is 376 g/mol. The molecule has 26 heavy (non-hydrogen) atoms. The normalized spacial score (nSPS) is 12.5. The maximum absolute atomic E-state index is 13.0. The summed E-state index contributed by atoms with van der Waals surface area (Å²) in [7, 11) is 0. The lowest BCUT2D eigenvalue weighted by Crippen LogP contribution is -2.24. The van der Waals surface area contributed by atoms with Crippen molar-refractivity contribution >= 4 is 41.3 Å². The number of carbonyl (C=O) groups is 1. The average Bonchev–Trinajstić information content (AvgIpc) is 2.98. The summed E-state index contributed by atoms with van der Waals surface area (Å²) in [6.45, 7) is 8.19. The predicted molar refractivity (Wildman–Crippen MR) is 105 cm³/mol. The third-order valence-corrected chi connectivity index (χ3v) is 4.58. The highest BCUT2D eigenvalue weighted by molar-refractivity contribution is 7.15. The highest BCUT2D eigenvalue weighted by atomic mass is 32.1. The summed E-state index contributed by atoms with van der Waals surface area (Å²) < 4.78 is 17.8. The van der Waals surface area contributed by atoms with Gasteiger partial charge in [0.1, 0.15) is 12.5 Å².